The highest BCUT2D eigenvalue weighted by atomic mass is 16.1. The fourth-order valence-corrected chi connectivity index (χ4v) is 5.71. The lowest BCUT2D eigenvalue weighted by Crippen LogP contribution is -2.40. The third kappa shape index (κ3) is 3.40. The van der Waals surface area contributed by atoms with Gasteiger partial charge in [0.2, 0.25) is 0 Å². The van der Waals surface area contributed by atoms with Gasteiger partial charge in [0.25, 0.3) is 5.91 Å². The number of hydrogen-bond acceptors (Lipinski definition) is 2. The number of nitrogens with one attached hydrogen (secondary N) is 1. The van der Waals surface area contributed by atoms with Gasteiger partial charge < -0.3 is 5.32 Å². The largest absolute Gasteiger partial charge is 0.349 e. The van der Waals surface area contributed by atoms with Crippen LogP contribution in [-0.4, -0.2) is 16.9 Å². The first-order valence-electron chi connectivity index (χ1n) is 11.3. The Morgan fingerprint density at radius 3 is 2.60 bits per heavy atom. The Bertz CT molecular complexity index is 1120. The number of aryl methyl sites for hydroxylation is 2. The number of hydrogen-bond donors (Lipinski definition) is 1. The van der Waals surface area contributed by atoms with E-state index in [0.29, 0.717) is 5.92 Å². The molecule has 2 aliphatic carbocycles. The van der Waals surface area contributed by atoms with Crippen molar-refractivity contribution in [3.63, 3.8) is 0 Å². The summed E-state index contributed by atoms with van der Waals surface area (Å²) in [6.45, 7) is 6.42. The highest BCUT2D eigenvalue weighted by Crippen LogP contribution is 2.49. The van der Waals surface area contributed by atoms with E-state index < -0.39 is 0 Å². The van der Waals surface area contributed by atoms with Gasteiger partial charge in [0.1, 0.15) is 0 Å². The zero-order chi connectivity index (χ0) is 20.8. The molecule has 0 spiro atoms. The van der Waals surface area contributed by atoms with E-state index in [-0.39, 0.29) is 11.9 Å². The van der Waals surface area contributed by atoms with E-state index in [4.69, 9.17) is 4.98 Å². The van der Waals surface area contributed by atoms with Gasteiger partial charge in [-0.3, -0.25) is 4.79 Å². The van der Waals surface area contributed by atoms with Crippen molar-refractivity contribution in [3.05, 3.63) is 65.2 Å². The minimum atomic E-state index is 0.0222. The Morgan fingerprint density at radius 1 is 1.03 bits per heavy atom. The molecule has 2 fully saturated rings. The third-order valence-electron chi connectivity index (χ3n) is 7.56. The molecule has 0 radical (unpaired) electrons. The number of para-hydroxylation sites is 1. The van der Waals surface area contributed by atoms with E-state index in [1.54, 1.807) is 0 Å². The minimum Gasteiger partial charge on any atom is -0.349 e. The fourth-order valence-electron chi connectivity index (χ4n) is 5.71. The van der Waals surface area contributed by atoms with Crippen LogP contribution >= 0.6 is 0 Å². The van der Waals surface area contributed by atoms with Crippen LogP contribution in [0.2, 0.25) is 0 Å². The molecular formula is C27H30N2O. The number of fused-ring (bicyclic) bond motifs is 3. The first-order chi connectivity index (χ1) is 14.5. The molecule has 0 saturated heterocycles. The Kier molecular flexibility index (Phi) is 4.85. The molecule has 2 saturated carbocycles. The van der Waals surface area contributed by atoms with Crippen molar-refractivity contribution < 1.29 is 4.79 Å². The lowest BCUT2D eigenvalue weighted by Gasteiger charge is -2.28. The van der Waals surface area contributed by atoms with Crippen LogP contribution in [0.4, 0.5) is 0 Å². The van der Waals surface area contributed by atoms with Gasteiger partial charge in [-0.25, -0.2) is 4.98 Å². The van der Waals surface area contributed by atoms with Crippen molar-refractivity contribution in [2.45, 2.75) is 52.5 Å². The van der Waals surface area contributed by atoms with Gasteiger partial charge >= 0.3 is 0 Å². The van der Waals surface area contributed by atoms with Crippen LogP contribution in [0.5, 0.6) is 0 Å². The monoisotopic (exact) mass is 398 g/mol. The quantitative estimate of drug-likeness (QED) is 0.579. The van der Waals surface area contributed by atoms with E-state index >= 15 is 0 Å². The Balaban J connectivity index is 1.49. The van der Waals surface area contributed by atoms with E-state index in [1.807, 2.05) is 30.3 Å². The zero-order valence-electron chi connectivity index (χ0n) is 18.1. The van der Waals surface area contributed by atoms with Gasteiger partial charge in [0.15, 0.2) is 0 Å². The van der Waals surface area contributed by atoms with Crippen LogP contribution in [-0.2, 0) is 0 Å². The molecule has 5 rings (SSSR count). The number of aromatic nitrogens is 1. The second-order valence-electron chi connectivity index (χ2n) is 9.47. The lowest BCUT2D eigenvalue weighted by molar-refractivity contribution is 0.0917. The molecule has 2 aliphatic rings. The normalized spacial score (nSPS) is 23.6. The number of carbonyl (C=O) groups excluding carboxylic acids is 1. The topological polar surface area (TPSA) is 42.0 Å². The van der Waals surface area contributed by atoms with E-state index in [0.717, 1.165) is 39.6 Å². The van der Waals surface area contributed by atoms with Crippen molar-refractivity contribution in [2.75, 3.05) is 0 Å². The minimum absolute atomic E-state index is 0.0222. The summed E-state index contributed by atoms with van der Waals surface area (Å²) in [5.41, 5.74) is 6.00. The molecule has 2 bridgehead atoms. The molecular weight excluding hydrogens is 368 g/mol. The van der Waals surface area contributed by atoms with Crippen molar-refractivity contribution in [2.24, 2.45) is 17.8 Å². The predicted molar refractivity (Wildman–Crippen MR) is 123 cm³/mol. The van der Waals surface area contributed by atoms with Gasteiger partial charge in [-0.05, 0) is 87.1 Å². The van der Waals surface area contributed by atoms with Crippen molar-refractivity contribution in [1.82, 2.24) is 10.3 Å². The summed E-state index contributed by atoms with van der Waals surface area (Å²) in [6.07, 6.45) is 5.36. The highest BCUT2D eigenvalue weighted by Gasteiger charge is 2.42. The second-order valence-corrected chi connectivity index (χ2v) is 9.47. The molecule has 30 heavy (non-hydrogen) atoms. The lowest BCUT2D eigenvalue weighted by atomic mass is 9.84. The number of pyridine rings is 1. The number of benzene rings is 2. The van der Waals surface area contributed by atoms with Gasteiger partial charge in [0, 0.05) is 17.0 Å². The summed E-state index contributed by atoms with van der Waals surface area (Å²) < 4.78 is 0. The van der Waals surface area contributed by atoms with E-state index in [1.165, 1.54) is 36.8 Å². The molecule has 1 aromatic heterocycles. The number of rotatable bonds is 4. The molecule has 3 heteroatoms. The molecule has 4 unspecified atom stereocenters. The Labute approximate surface area is 178 Å². The zero-order valence-corrected chi connectivity index (χ0v) is 18.1. The Hall–Kier alpha value is -2.68. The maximum atomic E-state index is 13.4. The van der Waals surface area contributed by atoms with Crippen molar-refractivity contribution in [1.29, 1.82) is 0 Å². The number of carbonyl (C=O) groups is 1. The first-order valence-corrected chi connectivity index (χ1v) is 11.3. The Morgan fingerprint density at radius 2 is 1.87 bits per heavy atom. The van der Waals surface area contributed by atoms with E-state index in [2.05, 4.69) is 44.3 Å². The molecule has 1 amide bonds. The first kappa shape index (κ1) is 19.3. The van der Waals surface area contributed by atoms with Gasteiger partial charge in [-0.1, -0.05) is 36.8 Å². The fraction of sp³-hybridized carbons (Fsp3) is 0.407. The molecule has 1 N–H and O–H groups in total. The third-order valence-corrected chi connectivity index (χ3v) is 7.56. The van der Waals surface area contributed by atoms with Crippen LogP contribution in [0.3, 0.4) is 0 Å². The molecule has 4 atom stereocenters. The molecule has 3 aromatic rings. The number of amides is 1. The van der Waals surface area contributed by atoms with Crippen molar-refractivity contribution in [3.8, 4) is 11.3 Å². The predicted octanol–water partition coefficient (Wildman–Crippen LogP) is 6.07. The summed E-state index contributed by atoms with van der Waals surface area (Å²) in [7, 11) is 0. The molecule has 1 heterocycles. The van der Waals surface area contributed by atoms with Crippen LogP contribution in [0.1, 0.15) is 54.1 Å². The summed E-state index contributed by atoms with van der Waals surface area (Å²) in [5.74, 6) is 2.33. The summed E-state index contributed by atoms with van der Waals surface area (Å²) >= 11 is 0. The molecule has 154 valence electrons. The standard InChI is InChI=1S/C27H30N2O/c1-16-8-10-21(12-17(16)2)26-15-24(22-6-4-5-7-25(22)29-26)27(30)28-18(3)23-14-19-9-11-20(23)13-19/h4-8,10,12,15,18-20,23H,9,11,13-14H2,1-3H3,(H,28,30). The maximum Gasteiger partial charge on any atom is 0.252 e. The summed E-state index contributed by atoms with van der Waals surface area (Å²) in [5, 5.41) is 4.27. The summed E-state index contributed by atoms with van der Waals surface area (Å²) in [6, 6.07) is 16.5. The highest BCUT2D eigenvalue weighted by molar-refractivity contribution is 6.07. The van der Waals surface area contributed by atoms with Crippen LogP contribution in [0.25, 0.3) is 22.2 Å². The van der Waals surface area contributed by atoms with Crippen LogP contribution in [0, 0.1) is 31.6 Å². The van der Waals surface area contributed by atoms with Crippen LogP contribution in [0.15, 0.2) is 48.5 Å². The average Bonchev–Trinajstić information content (AvgIpc) is 3.38. The smallest absolute Gasteiger partial charge is 0.252 e. The van der Waals surface area contributed by atoms with Crippen LogP contribution < -0.4 is 5.32 Å². The van der Waals surface area contributed by atoms with Gasteiger partial charge in [-0.2, -0.15) is 0 Å². The summed E-state index contributed by atoms with van der Waals surface area (Å²) in [4.78, 5) is 18.3. The van der Waals surface area contributed by atoms with Gasteiger partial charge in [-0.15, -0.1) is 0 Å². The average molecular weight is 399 g/mol. The molecule has 3 nitrogen and oxygen atoms in total. The second kappa shape index (κ2) is 7.54. The van der Waals surface area contributed by atoms with Gasteiger partial charge in [0.05, 0.1) is 16.8 Å². The molecule has 2 aromatic carbocycles. The molecule has 0 aliphatic heterocycles. The van der Waals surface area contributed by atoms with E-state index in [9.17, 15) is 4.79 Å². The SMILES string of the molecule is Cc1ccc(-c2cc(C(=O)NC(C)C3CC4CCC3C4)c3ccccc3n2)cc1C. The maximum absolute atomic E-state index is 13.4. The number of nitrogens with zero attached hydrogens (tertiary/aromatic N) is 1. The van der Waals surface area contributed by atoms with Crippen molar-refractivity contribution >= 4 is 16.8 Å².